The highest BCUT2D eigenvalue weighted by atomic mass is 32.1. The first-order valence-electron chi connectivity index (χ1n) is 5.87. The second kappa shape index (κ2) is 6.12. The number of hydrogen-bond donors (Lipinski definition) is 2. The fourth-order valence-electron chi connectivity index (χ4n) is 1.71. The fourth-order valence-corrected chi connectivity index (χ4v) is 2.64. The number of hydrogen-bond acceptors (Lipinski definition) is 4. The van der Waals surface area contributed by atoms with E-state index in [-0.39, 0.29) is 17.9 Å². The van der Waals surface area contributed by atoms with Crippen LogP contribution >= 0.6 is 11.3 Å². The number of nitrogens with one attached hydrogen (secondary N) is 1. The van der Waals surface area contributed by atoms with Crippen LogP contribution in [0.1, 0.15) is 41.9 Å². The number of aromatic nitrogens is 1. The van der Waals surface area contributed by atoms with Crippen LogP contribution in [-0.4, -0.2) is 17.4 Å². The molecule has 1 rings (SSSR count). The molecule has 17 heavy (non-hydrogen) atoms. The van der Waals surface area contributed by atoms with E-state index < -0.39 is 0 Å². The van der Waals surface area contributed by atoms with Crippen molar-refractivity contribution in [2.24, 2.45) is 11.7 Å². The highest BCUT2D eigenvalue weighted by Crippen LogP contribution is 2.24. The van der Waals surface area contributed by atoms with Gasteiger partial charge < -0.3 is 11.1 Å². The van der Waals surface area contributed by atoms with Crippen molar-refractivity contribution < 1.29 is 4.79 Å². The molecule has 0 aliphatic rings. The summed E-state index contributed by atoms with van der Waals surface area (Å²) in [6.45, 7) is 8.47. The van der Waals surface area contributed by atoms with Gasteiger partial charge in [-0.25, -0.2) is 4.98 Å². The van der Waals surface area contributed by atoms with Gasteiger partial charge >= 0.3 is 0 Å². The SMILES string of the molecule is Cc1nc(C)c(C(C)NC(=O)CC(C)CN)s1. The van der Waals surface area contributed by atoms with Gasteiger partial charge in [0.2, 0.25) is 5.91 Å². The van der Waals surface area contributed by atoms with Crippen LogP contribution in [0.15, 0.2) is 0 Å². The van der Waals surface area contributed by atoms with Crippen molar-refractivity contribution in [2.75, 3.05) is 6.54 Å². The number of thiazole rings is 1. The lowest BCUT2D eigenvalue weighted by molar-refractivity contribution is -0.122. The maximum atomic E-state index is 11.7. The standard InChI is InChI=1S/C12H21N3OS/c1-7(6-13)5-11(16)15-9(3)12-8(2)14-10(4)17-12/h7,9H,5-6,13H2,1-4H3,(H,15,16). The highest BCUT2D eigenvalue weighted by molar-refractivity contribution is 7.11. The third-order valence-corrected chi connectivity index (χ3v) is 3.90. The summed E-state index contributed by atoms with van der Waals surface area (Å²) >= 11 is 1.64. The predicted molar refractivity (Wildman–Crippen MR) is 71.0 cm³/mol. The Morgan fingerprint density at radius 3 is 2.59 bits per heavy atom. The Hall–Kier alpha value is -0.940. The van der Waals surface area contributed by atoms with Crippen LogP contribution < -0.4 is 11.1 Å². The molecule has 0 aromatic carbocycles. The lowest BCUT2D eigenvalue weighted by Gasteiger charge is -2.14. The van der Waals surface area contributed by atoms with Gasteiger partial charge in [-0.15, -0.1) is 11.3 Å². The van der Waals surface area contributed by atoms with Crippen molar-refractivity contribution in [3.05, 3.63) is 15.6 Å². The molecule has 1 aromatic rings. The average molecular weight is 255 g/mol. The maximum Gasteiger partial charge on any atom is 0.220 e. The van der Waals surface area contributed by atoms with Crippen LogP contribution in [0.2, 0.25) is 0 Å². The molecule has 0 aliphatic heterocycles. The van der Waals surface area contributed by atoms with Gasteiger partial charge in [0.15, 0.2) is 0 Å². The minimum atomic E-state index is 0.0266. The second-order valence-electron chi connectivity index (χ2n) is 4.52. The molecule has 5 heteroatoms. The van der Waals surface area contributed by atoms with Gasteiger partial charge in [-0.1, -0.05) is 6.92 Å². The molecule has 96 valence electrons. The molecule has 2 unspecified atom stereocenters. The summed E-state index contributed by atoms with van der Waals surface area (Å²) in [5.74, 6) is 0.285. The zero-order chi connectivity index (χ0) is 13.0. The molecule has 0 bridgehead atoms. The molecule has 0 radical (unpaired) electrons. The third kappa shape index (κ3) is 4.09. The normalized spacial score (nSPS) is 14.4. The monoisotopic (exact) mass is 255 g/mol. The predicted octanol–water partition coefficient (Wildman–Crippen LogP) is 1.92. The van der Waals surface area contributed by atoms with E-state index in [0.717, 1.165) is 15.6 Å². The first-order chi connectivity index (χ1) is 7.93. The van der Waals surface area contributed by atoms with Crippen LogP contribution in [0.25, 0.3) is 0 Å². The van der Waals surface area contributed by atoms with Crippen molar-refractivity contribution in [1.82, 2.24) is 10.3 Å². The van der Waals surface area contributed by atoms with Gasteiger partial charge in [-0.05, 0) is 33.2 Å². The van der Waals surface area contributed by atoms with E-state index >= 15 is 0 Å². The Bertz CT molecular complexity index is 389. The number of aryl methyl sites for hydroxylation is 2. The molecular weight excluding hydrogens is 234 g/mol. The lowest BCUT2D eigenvalue weighted by Crippen LogP contribution is -2.29. The number of nitrogens with zero attached hydrogens (tertiary/aromatic N) is 1. The number of rotatable bonds is 5. The van der Waals surface area contributed by atoms with E-state index in [1.165, 1.54) is 0 Å². The second-order valence-corrected chi connectivity index (χ2v) is 5.75. The highest BCUT2D eigenvalue weighted by Gasteiger charge is 2.16. The summed E-state index contributed by atoms with van der Waals surface area (Å²) in [5, 5.41) is 4.03. The summed E-state index contributed by atoms with van der Waals surface area (Å²) in [6, 6.07) is 0.0266. The molecular formula is C12H21N3OS. The molecule has 0 saturated carbocycles. The van der Waals surface area contributed by atoms with Crippen molar-refractivity contribution in [3.63, 3.8) is 0 Å². The molecule has 0 fully saturated rings. The quantitative estimate of drug-likeness (QED) is 0.844. The topological polar surface area (TPSA) is 68.0 Å². The fraction of sp³-hybridized carbons (Fsp3) is 0.667. The Morgan fingerprint density at radius 1 is 1.47 bits per heavy atom. The first kappa shape index (κ1) is 14.1. The molecule has 1 heterocycles. The maximum absolute atomic E-state index is 11.7. The van der Waals surface area contributed by atoms with Crippen LogP contribution in [0.3, 0.4) is 0 Å². The molecule has 1 amide bonds. The summed E-state index contributed by atoms with van der Waals surface area (Å²) < 4.78 is 0. The van der Waals surface area contributed by atoms with Crippen molar-refractivity contribution in [3.8, 4) is 0 Å². The van der Waals surface area contributed by atoms with E-state index in [9.17, 15) is 4.79 Å². The van der Waals surface area contributed by atoms with Crippen molar-refractivity contribution in [2.45, 2.75) is 40.2 Å². The molecule has 0 saturated heterocycles. The van der Waals surface area contributed by atoms with Crippen molar-refractivity contribution >= 4 is 17.2 Å². The number of carbonyl (C=O) groups is 1. The van der Waals surface area contributed by atoms with Crippen LogP contribution in [0.4, 0.5) is 0 Å². The largest absolute Gasteiger partial charge is 0.349 e. The van der Waals surface area contributed by atoms with E-state index in [0.29, 0.717) is 13.0 Å². The molecule has 3 N–H and O–H groups in total. The third-order valence-electron chi connectivity index (χ3n) is 2.65. The van der Waals surface area contributed by atoms with Crippen LogP contribution in [0.5, 0.6) is 0 Å². The number of nitrogens with two attached hydrogens (primary N) is 1. The van der Waals surface area contributed by atoms with Gasteiger partial charge in [-0.3, -0.25) is 4.79 Å². The Balaban J connectivity index is 2.57. The molecule has 1 aromatic heterocycles. The van der Waals surface area contributed by atoms with Gasteiger partial charge in [-0.2, -0.15) is 0 Å². The molecule has 0 spiro atoms. The van der Waals surface area contributed by atoms with Crippen molar-refractivity contribution in [1.29, 1.82) is 0 Å². The van der Waals surface area contributed by atoms with E-state index in [1.54, 1.807) is 11.3 Å². The van der Waals surface area contributed by atoms with E-state index in [1.807, 2.05) is 27.7 Å². The average Bonchev–Trinajstić information content (AvgIpc) is 2.57. The van der Waals surface area contributed by atoms with E-state index in [4.69, 9.17) is 5.73 Å². The summed E-state index contributed by atoms with van der Waals surface area (Å²) in [7, 11) is 0. The van der Waals surface area contributed by atoms with Crippen LogP contribution in [-0.2, 0) is 4.79 Å². The first-order valence-corrected chi connectivity index (χ1v) is 6.69. The number of carbonyl (C=O) groups excluding carboxylic acids is 1. The minimum absolute atomic E-state index is 0.0266. The van der Waals surface area contributed by atoms with Gasteiger partial charge in [0.05, 0.1) is 16.7 Å². The molecule has 4 nitrogen and oxygen atoms in total. The van der Waals surface area contributed by atoms with Gasteiger partial charge in [0.25, 0.3) is 0 Å². The number of amides is 1. The van der Waals surface area contributed by atoms with Gasteiger partial charge in [0.1, 0.15) is 0 Å². The Morgan fingerprint density at radius 2 is 2.12 bits per heavy atom. The van der Waals surface area contributed by atoms with Crippen LogP contribution in [0, 0.1) is 19.8 Å². The Labute approximate surface area is 107 Å². The summed E-state index contributed by atoms with van der Waals surface area (Å²) in [5.41, 5.74) is 6.51. The zero-order valence-corrected chi connectivity index (χ0v) is 11.7. The zero-order valence-electron chi connectivity index (χ0n) is 10.9. The van der Waals surface area contributed by atoms with Gasteiger partial charge in [0, 0.05) is 11.3 Å². The molecule has 2 atom stereocenters. The van der Waals surface area contributed by atoms with E-state index in [2.05, 4.69) is 10.3 Å². The lowest BCUT2D eigenvalue weighted by atomic mass is 10.1. The summed E-state index contributed by atoms with van der Waals surface area (Å²) in [6.07, 6.45) is 0.484. The molecule has 0 aliphatic carbocycles. The minimum Gasteiger partial charge on any atom is -0.349 e. The summed E-state index contributed by atoms with van der Waals surface area (Å²) in [4.78, 5) is 17.2. The Kier molecular flexibility index (Phi) is 5.08. The smallest absolute Gasteiger partial charge is 0.220 e.